The Bertz CT molecular complexity index is 1010. The number of thiophene rings is 1. The number of carbonyl (C=O) groups excluding carboxylic acids is 3. The van der Waals surface area contributed by atoms with Gasteiger partial charge < -0.3 is 14.8 Å². The molecule has 0 aliphatic rings. The number of rotatable bonds is 7. The maximum atomic E-state index is 12.6. The van der Waals surface area contributed by atoms with Crippen LogP contribution in [-0.2, 0) is 14.3 Å². The Morgan fingerprint density at radius 1 is 1.00 bits per heavy atom. The van der Waals surface area contributed by atoms with Gasteiger partial charge in [0, 0.05) is 21.7 Å². The van der Waals surface area contributed by atoms with Crippen molar-refractivity contribution in [1.82, 2.24) is 0 Å². The summed E-state index contributed by atoms with van der Waals surface area (Å²) in [6, 6.07) is 5.00. The number of hydrogen-bond acceptors (Lipinski definition) is 6. The van der Waals surface area contributed by atoms with Gasteiger partial charge in [0.1, 0.15) is 9.88 Å². The molecule has 2 aromatic rings. The Hall–Kier alpha value is -2.35. The molecule has 166 valence electrons. The third-order valence-corrected chi connectivity index (χ3v) is 5.71. The zero-order valence-corrected chi connectivity index (χ0v) is 20.1. The van der Waals surface area contributed by atoms with Crippen LogP contribution < -0.4 is 5.32 Å². The van der Waals surface area contributed by atoms with E-state index in [-0.39, 0.29) is 27.6 Å². The Kier molecular flexibility index (Phi) is 8.68. The molecule has 0 spiro atoms. The molecule has 31 heavy (non-hydrogen) atoms. The average molecular weight is 484 g/mol. The van der Waals surface area contributed by atoms with Gasteiger partial charge in [-0.05, 0) is 58.4 Å². The van der Waals surface area contributed by atoms with Crippen molar-refractivity contribution in [3.05, 3.63) is 55.9 Å². The van der Waals surface area contributed by atoms with Crippen molar-refractivity contribution >= 4 is 63.5 Å². The van der Waals surface area contributed by atoms with Gasteiger partial charge in [-0.15, -0.1) is 11.3 Å². The molecule has 1 heterocycles. The smallest absolute Gasteiger partial charge is 0.348 e. The van der Waals surface area contributed by atoms with E-state index in [0.29, 0.717) is 21.2 Å². The first-order valence-corrected chi connectivity index (χ1v) is 11.1. The van der Waals surface area contributed by atoms with Crippen LogP contribution in [0.15, 0.2) is 24.3 Å². The van der Waals surface area contributed by atoms with Crippen LogP contribution in [0.25, 0.3) is 6.08 Å². The lowest BCUT2D eigenvalue weighted by molar-refractivity contribution is -0.111. The maximum Gasteiger partial charge on any atom is 0.348 e. The molecule has 9 heteroatoms. The first kappa shape index (κ1) is 24.9. The second kappa shape index (κ2) is 10.8. The lowest BCUT2D eigenvalue weighted by Crippen LogP contribution is -2.16. The molecule has 0 saturated heterocycles. The van der Waals surface area contributed by atoms with E-state index in [4.69, 9.17) is 32.7 Å². The highest BCUT2D eigenvalue weighted by Gasteiger charge is 2.28. The highest BCUT2D eigenvalue weighted by atomic mass is 35.5. The van der Waals surface area contributed by atoms with Crippen LogP contribution in [0.3, 0.4) is 0 Å². The molecule has 0 fully saturated rings. The summed E-state index contributed by atoms with van der Waals surface area (Å²) in [5.41, 5.74) is 0.991. The average Bonchev–Trinajstić information content (AvgIpc) is 2.96. The van der Waals surface area contributed by atoms with Crippen molar-refractivity contribution < 1.29 is 23.9 Å². The second-order valence-corrected chi connectivity index (χ2v) is 8.96. The third kappa shape index (κ3) is 6.56. The molecule has 0 aliphatic heterocycles. The topological polar surface area (TPSA) is 81.7 Å². The number of esters is 2. The SMILES string of the molecule is Cc1c(C(=O)OC(C)C)sc(NC(=O)C=Cc2c(Cl)cccc2Cl)c1C(=O)OC(C)C. The molecule has 6 nitrogen and oxygen atoms in total. The Balaban J connectivity index is 2.37. The molecule has 0 aliphatic carbocycles. The zero-order valence-electron chi connectivity index (χ0n) is 17.7. The van der Waals surface area contributed by atoms with Crippen molar-refractivity contribution in [2.45, 2.75) is 46.8 Å². The fourth-order valence-corrected chi connectivity index (χ4v) is 4.17. The Labute approximate surface area is 195 Å². The summed E-state index contributed by atoms with van der Waals surface area (Å²) in [5, 5.41) is 3.62. The van der Waals surface area contributed by atoms with E-state index >= 15 is 0 Å². The minimum atomic E-state index is -0.638. The Morgan fingerprint density at radius 2 is 1.55 bits per heavy atom. The third-order valence-electron chi connectivity index (χ3n) is 3.86. The normalized spacial score (nSPS) is 11.3. The molecule has 0 bridgehead atoms. The van der Waals surface area contributed by atoms with Gasteiger partial charge in [-0.2, -0.15) is 0 Å². The molecule has 1 aromatic carbocycles. The van der Waals surface area contributed by atoms with Crippen LogP contribution in [0.5, 0.6) is 0 Å². The van der Waals surface area contributed by atoms with Gasteiger partial charge in [0.05, 0.1) is 17.8 Å². The standard InChI is InChI=1S/C22H23Cl2NO5S/c1-11(2)29-21(27)18-13(5)19(22(28)30-12(3)4)31-20(18)25-17(26)10-9-14-15(23)7-6-8-16(14)24/h6-12H,1-5H3,(H,25,26). The van der Waals surface area contributed by atoms with Crippen LogP contribution in [0.4, 0.5) is 5.00 Å². The summed E-state index contributed by atoms with van der Waals surface area (Å²) in [4.78, 5) is 37.8. The number of nitrogens with one attached hydrogen (secondary N) is 1. The summed E-state index contributed by atoms with van der Waals surface area (Å²) in [7, 11) is 0. The van der Waals surface area contributed by atoms with Crippen LogP contribution in [-0.4, -0.2) is 30.1 Å². The quantitative estimate of drug-likeness (QED) is 0.377. The number of amides is 1. The zero-order chi connectivity index (χ0) is 23.3. The summed E-state index contributed by atoms with van der Waals surface area (Å²) in [6.45, 7) is 8.48. The van der Waals surface area contributed by atoms with E-state index in [9.17, 15) is 14.4 Å². The van der Waals surface area contributed by atoms with E-state index in [1.807, 2.05) is 0 Å². The summed E-state index contributed by atoms with van der Waals surface area (Å²) in [6.07, 6.45) is 2.01. The first-order chi connectivity index (χ1) is 14.5. The van der Waals surface area contributed by atoms with Gasteiger partial charge >= 0.3 is 11.9 Å². The van der Waals surface area contributed by atoms with E-state index in [1.54, 1.807) is 52.8 Å². The van der Waals surface area contributed by atoms with E-state index in [2.05, 4.69) is 5.32 Å². The summed E-state index contributed by atoms with van der Waals surface area (Å²) >= 11 is 13.2. The predicted octanol–water partition coefficient (Wildman–Crippen LogP) is 6.15. The number of anilines is 1. The largest absolute Gasteiger partial charge is 0.459 e. The van der Waals surface area contributed by atoms with E-state index < -0.39 is 17.8 Å². The molecule has 2 rings (SSSR count). The number of carbonyl (C=O) groups is 3. The predicted molar refractivity (Wildman–Crippen MR) is 124 cm³/mol. The minimum Gasteiger partial charge on any atom is -0.459 e. The van der Waals surface area contributed by atoms with Gasteiger partial charge in [-0.1, -0.05) is 29.3 Å². The van der Waals surface area contributed by atoms with Crippen molar-refractivity contribution in [3.63, 3.8) is 0 Å². The van der Waals surface area contributed by atoms with Crippen molar-refractivity contribution in [2.24, 2.45) is 0 Å². The second-order valence-electron chi connectivity index (χ2n) is 7.13. The van der Waals surface area contributed by atoms with Gasteiger partial charge in [-0.25, -0.2) is 9.59 Å². The molecule has 0 unspecified atom stereocenters. The fraction of sp³-hybridized carbons (Fsp3) is 0.318. The highest BCUT2D eigenvalue weighted by Crippen LogP contribution is 2.35. The van der Waals surface area contributed by atoms with Gasteiger partial charge in [0.15, 0.2) is 0 Å². The molecule has 0 saturated carbocycles. The molecular formula is C22H23Cl2NO5S. The Morgan fingerprint density at radius 3 is 2.10 bits per heavy atom. The van der Waals surface area contributed by atoms with Gasteiger partial charge in [0.25, 0.3) is 0 Å². The highest BCUT2D eigenvalue weighted by molar-refractivity contribution is 7.18. The lowest BCUT2D eigenvalue weighted by Gasteiger charge is -2.10. The van der Waals surface area contributed by atoms with Gasteiger partial charge in [-0.3, -0.25) is 4.79 Å². The first-order valence-electron chi connectivity index (χ1n) is 9.49. The van der Waals surface area contributed by atoms with Crippen LogP contribution in [0.2, 0.25) is 10.0 Å². The van der Waals surface area contributed by atoms with Crippen molar-refractivity contribution in [1.29, 1.82) is 0 Å². The molecule has 0 atom stereocenters. The van der Waals surface area contributed by atoms with Crippen LogP contribution in [0, 0.1) is 6.92 Å². The van der Waals surface area contributed by atoms with E-state index in [1.165, 1.54) is 12.2 Å². The molecule has 0 radical (unpaired) electrons. The number of halogens is 2. The van der Waals surface area contributed by atoms with Crippen molar-refractivity contribution in [3.8, 4) is 0 Å². The fourth-order valence-electron chi connectivity index (χ4n) is 2.57. The number of benzene rings is 1. The van der Waals surface area contributed by atoms with Crippen molar-refractivity contribution in [2.75, 3.05) is 5.32 Å². The van der Waals surface area contributed by atoms with E-state index in [0.717, 1.165) is 11.3 Å². The molecule has 1 amide bonds. The monoisotopic (exact) mass is 483 g/mol. The summed E-state index contributed by atoms with van der Waals surface area (Å²) < 4.78 is 10.5. The molecule has 1 N–H and O–H groups in total. The minimum absolute atomic E-state index is 0.118. The number of hydrogen-bond donors (Lipinski definition) is 1. The van der Waals surface area contributed by atoms with Crippen LogP contribution >= 0.6 is 34.5 Å². The summed E-state index contributed by atoms with van der Waals surface area (Å²) in [5.74, 6) is -1.74. The maximum absolute atomic E-state index is 12.6. The molecular weight excluding hydrogens is 461 g/mol. The molecule has 1 aromatic heterocycles. The number of ether oxygens (including phenoxy) is 2. The van der Waals surface area contributed by atoms with Gasteiger partial charge in [0.2, 0.25) is 5.91 Å². The lowest BCUT2D eigenvalue weighted by atomic mass is 10.1. The van der Waals surface area contributed by atoms with Crippen LogP contribution in [0.1, 0.15) is 58.9 Å².